The summed E-state index contributed by atoms with van der Waals surface area (Å²) in [6.45, 7) is -0.486. The molecular weight excluding hydrogens is 396 g/mol. The van der Waals surface area contributed by atoms with Crippen molar-refractivity contribution in [1.29, 1.82) is 0 Å². The van der Waals surface area contributed by atoms with Crippen LogP contribution in [0, 0.1) is 0 Å². The molecule has 2 aromatic carbocycles. The van der Waals surface area contributed by atoms with Crippen LogP contribution in [0.2, 0.25) is 0 Å². The fourth-order valence-corrected chi connectivity index (χ4v) is 3.02. The van der Waals surface area contributed by atoms with Crippen LogP contribution in [0.4, 0.5) is 14.5 Å². The molecule has 0 saturated heterocycles. The third-order valence-electron chi connectivity index (χ3n) is 3.33. The van der Waals surface area contributed by atoms with E-state index in [1.54, 1.807) is 18.2 Å². The van der Waals surface area contributed by atoms with Gasteiger partial charge in [-0.2, -0.15) is 8.78 Å². The van der Waals surface area contributed by atoms with E-state index in [2.05, 4.69) is 5.32 Å². The lowest BCUT2D eigenvalue weighted by Crippen LogP contribution is -2.21. The average molecular weight is 413 g/mol. The molecule has 2 aromatic rings. The lowest BCUT2D eigenvalue weighted by Gasteiger charge is -2.10. The lowest BCUT2D eigenvalue weighted by atomic mass is 10.2. The Bertz CT molecular complexity index is 800. The number of esters is 1. The van der Waals surface area contributed by atoms with Crippen molar-refractivity contribution in [3.63, 3.8) is 0 Å². The van der Waals surface area contributed by atoms with E-state index < -0.39 is 24.2 Å². The highest BCUT2D eigenvalue weighted by Gasteiger charge is 2.16. The first-order valence-electron chi connectivity index (χ1n) is 7.67. The number of methoxy groups -OCH3 is 1. The van der Waals surface area contributed by atoms with Crippen LogP contribution in [-0.4, -0.2) is 37.6 Å². The number of anilines is 1. The summed E-state index contributed by atoms with van der Waals surface area (Å²) in [6, 6.07) is 11.0. The number of amides is 1. The third-order valence-corrected chi connectivity index (χ3v) is 4.77. The molecular formula is C18H17F2NO4S2. The zero-order valence-corrected chi connectivity index (χ0v) is 16.2. The molecule has 9 heteroatoms. The van der Waals surface area contributed by atoms with Crippen LogP contribution in [0.25, 0.3) is 0 Å². The normalized spacial score (nSPS) is 10.6. The van der Waals surface area contributed by atoms with Gasteiger partial charge in [0.15, 0.2) is 6.61 Å². The van der Waals surface area contributed by atoms with E-state index in [0.717, 1.165) is 4.90 Å². The zero-order valence-electron chi connectivity index (χ0n) is 14.5. The Morgan fingerprint density at radius 3 is 2.37 bits per heavy atom. The minimum Gasteiger partial charge on any atom is -0.496 e. The van der Waals surface area contributed by atoms with Gasteiger partial charge in [-0.15, -0.1) is 11.8 Å². The van der Waals surface area contributed by atoms with Gasteiger partial charge in [-0.1, -0.05) is 11.8 Å². The van der Waals surface area contributed by atoms with Crippen molar-refractivity contribution in [3.8, 4) is 5.75 Å². The van der Waals surface area contributed by atoms with Crippen molar-refractivity contribution in [2.75, 3.05) is 25.3 Å². The summed E-state index contributed by atoms with van der Waals surface area (Å²) < 4.78 is 34.7. The van der Waals surface area contributed by atoms with Gasteiger partial charge in [0.05, 0.1) is 7.11 Å². The van der Waals surface area contributed by atoms with Crippen molar-refractivity contribution in [3.05, 3.63) is 48.0 Å². The molecule has 1 N–H and O–H groups in total. The topological polar surface area (TPSA) is 64.6 Å². The first-order chi connectivity index (χ1) is 12.9. The molecule has 0 heterocycles. The first-order valence-corrected chi connectivity index (χ1v) is 9.77. The Balaban J connectivity index is 1.90. The number of alkyl halides is 2. The van der Waals surface area contributed by atoms with Gasteiger partial charge in [-0.3, -0.25) is 4.79 Å². The van der Waals surface area contributed by atoms with Gasteiger partial charge in [0.2, 0.25) is 0 Å². The van der Waals surface area contributed by atoms with Crippen LogP contribution in [0.15, 0.2) is 52.3 Å². The highest BCUT2D eigenvalue weighted by atomic mass is 32.2. The summed E-state index contributed by atoms with van der Waals surface area (Å²) in [5.41, 5.74) is 0.632. The lowest BCUT2D eigenvalue weighted by molar-refractivity contribution is -0.119. The molecule has 27 heavy (non-hydrogen) atoms. The maximum atomic E-state index is 12.3. The number of rotatable bonds is 8. The number of halogens is 2. The first kappa shape index (κ1) is 21.0. The van der Waals surface area contributed by atoms with E-state index in [1.165, 1.54) is 43.1 Å². The van der Waals surface area contributed by atoms with E-state index in [9.17, 15) is 18.4 Å². The Labute approximate surface area is 163 Å². The molecule has 0 aliphatic rings. The van der Waals surface area contributed by atoms with Gasteiger partial charge in [0.25, 0.3) is 11.7 Å². The summed E-state index contributed by atoms with van der Waals surface area (Å²) >= 11 is 1.92. The van der Waals surface area contributed by atoms with Crippen molar-refractivity contribution < 1.29 is 27.8 Å². The van der Waals surface area contributed by atoms with Crippen molar-refractivity contribution >= 4 is 41.1 Å². The molecule has 0 spiro atoms. The molecule has 0 aliphatic heterocycles. The SMILES string of the molecule is COc1cc(SC)ccc1C(=O)OCC(=O)Nc1ccc(SC(F)F)cc1. The number of carbonyl (C=O) groups excluding carboxylic acids is 2. The number of thioether (sulfide) groups is 2. The van der Waals surface area contributed by atoms with E-state index in [1.807, 2.05) is 6.26 Å². The molecule has 1 amide bonds. The summed E-state index contributed by atoms with van der Waals surface area (Å²) in [7, 11) is 1.44. The fraction of sp³-hybridized carbons (Fsp3) is 0.222. The van der Waals surface area contributed by atoms with E-state index in [-0.39, 0.29) is 5.56 Å². The van der Waals surface area contributed by atoms with Gasteiger partial charge < -0.3 is 14.8 Å². The zero-order chi connectivity index (χ0) is 19.8. The van der Waals surface area contributed by atoms with Gasteiger partial charge in [0.1, 0.15) is 11.3 Å². The van der Waals surface area contributed by atoms with Crippen LogP contribution >= 0.6 is 23.5 Å². The highest BCUT2D eigenvalue weighted by Crippen LogP contribution is 2.27. The Hall–Kier alpha value is -2.26. The van der Waals surface area contributed by atoms with Crippen LogP contribution in [0.5, 0.6) is 5.75 Å². The maximum absolute atomic E-state index is 12.3. The molecule has 0 fully saturated rings. The number of benzene rings is 2. The molecule has 0 aromatic heterocycles. The van der Waals surface area contributed by atoms with Gasteiger partial charge >= 0.3 is 5.97 Å². The standard InChI is InChI=1S/C18H17F2NO4S2/c1-24-15-9-13(26-2)7-8-14(15)17(23)25-10-16(22)21-11-3-5-12(6-4-11)27-18(19)20/h3-9,18H,10H2,1-2H3,(H,21,22). The molecule has 0 atom stereocenters. The number of ether oxygens (including phenoxy) is 2. The second-order valence-corrected chi connectivity index (χ2v) is 7.04. The monoisotopic (exact) mass is 413 g/mol. The van der Waals surface area contributed by atoms with E-state index in [4.69, 9.17) is 9.47 Å². The van der Waals surface area contributed by atoms with Crippen LogP contribution in [0.1, 0.15) is 10.4 Å². The highest BCUT2D eigenvalue weighted by molar-refractivity contribution is 7.99. The van der Waals surface area contributed by atoms with Gasteiger partial charge in [0, 0.05) is 15.5 Å². The maximum Gasteiger partial charge on any atom is 0.342 e. The summed E-state index contributed by atoms with van der Waals surface area (Å²) in [5, 5.41) is 2.53. The molecule has 144 valence electrons. The van der Waals surface area contributed by atoms with Crippen LogP contribution < -0.4 is 10.1 Å². The predicted molar refractivity (Wildman–Crippen MR) is 102 cm³/mol. The second-order valence-electron chi connectivity index (χ2n) is 5.09. The third kappa shape index (κ3) is 6.44. The summed E-state index contributed by atoms with van der Waals surface area (Å²) in [4.78, 5) is 25.4. The summed E-state index contributed by atoms with van der Waals surface area (Å²) in [5.74, 6) is -3.37. The Morgan fingerprint density at radius 1 is 1.11 bits per heavy atom. The predicted octanol–water partition coefficient (Wildman–Crippen LogP) is 4.53. The molecule has 0 radical (unpaired) electrons. The largest absolute Gasteiger partial charge is 0.496 e. The molecule has 0 saturated carbocycles. The van der Waals surface area contributed by atoms with Gasteiger partial charge in [-0.25, -0.2) is 4.79 Å². The minimum atomic E-state index is -2.51. The number of carbonyl (C=O) groups is 2. The van der Waals surface area contributed by atoms with Crippen molar-refractivity contribution in [2.24, 2.45) is 0 Å². The molecule has 0 bridgehead atoms. The minimum absolute atomic E-state index is 0.219. The molecule has 0 unspecified atom stereocenters. The quantitative estimate of drug-likeness (QED) is 0.507. The smallest absolute Gasteiger partial charge is 0.342 e. The van der Waals surface area contributed by atoms with Gasteiger partial charge in [-0.05, 0) is 48.7 Å². The van der Waals surface area contributed by atoms with Crippen molar-refractivity contribution in [1.82, 2.24) is 0 Å². The average Bonchev–Trinajstić information content (AvgIpc) is 2.66. The Morgan fingerprint density at radius 2 is 1.78 bits per heavy atom. The van der Waals surface area contributed by atoms with E-state index in [0.29, 0.717) is 28.1 Å². The Kier molecular flexibility index (Phi) is 7.93. The second kappa shape index (κ2) is 10.2. The molecule has 2 rings (SSSR count). The van der Waals surface area contributed by atoms with Crippen LogP contribution in [-0.2, 0) is 9.53 Å². The van der Waals surface area contributed by atoms with Crippen LogP contribution in [0.3, 0.4) is 0 Å². The molecule has 5 nitrogen and oxygen atoms in total. The number of nitrogens with one attached hydrogen (secondary N) is 1. The number of hydrogen-bond acceptors (Lipinski definition) is 6. The van der Waals surface area contributed by atoms with Crippen molar-refractivity contribution in [2.45, 2.75) is 15.5 Å². The fourth-order valence-electron chi connectivity index (χ4n) is 2.09. The summed E-state index contributed by atoms with van der Waals surface area (Å²) in [6.07, 6.45) is 1.90. The van der Waals surface area contributed by atoms with E-state index >= 15 is 0 Å². The number of hydrogen-bond donors (Lipinski definition) is 1. The molecule has 0 aliphatic carbocycles.